The zero-order valence-corrected chi connectivity index (χ0v) is 11.3. The average Bonchev–Trinajstić information content (AvgIpc) is 2.40. The highest BCUT2D eigenvalue weighted by molar-refractivity contribution is 5.95. The van der Waals surface area contributed by atoms with Crippen LogP contribution < -0.4 is 0 Å². The number of esters is 2. The second-order valence-electron chi connectivity index (χ2n) is 4.01. The predicted molar refractivity (Wildman–Crippen MR) is 66.8 cm³/mol. The van der Waals surface area contributed by atoms with Crippen molar-refractivity contribution in [1.82, 2.24) is 0 Å². The molecule has 0 atom stereocenters. The SMILES string of the molecule is CCOC(=O)C(Cc1ccc(F)c(F)c1)C(=O)OCC. The Bertz CT molecular complexity index is 470. The summed E-state index contributed by atoms with van der Waals surface area (Å²) in [6.45, 7) is 3.45. The molecule has 0 aliphatic carbocycles. The van der Waals surface area contributed by atoms with Crippen molar-refractivity contribution >= 4 is 11.9 Å². The van der Waals surface area contributed by atoms with Crippen LogP contribution in [0.5, 0.6) is 0 Å². The largest absolute Gasteiger partial charge is 0.465 e. The maximum absolute atomic E-state index is 13.1. The molecule has 4 nitrogen and oxygen atoms in total. The number of halogens is 2. The van der Waals surface area contributed by atoms with Crippen molar-refractivity contribution in [2.24, 2.45) is 5.92 Å². The van der Waals surface area contributed by atoms with Crippen LogP contribution in [-0.4, -0.2) is 25.2 Å². The van der Waals surface area contributed by atoms with Crippen LogP contribution in [0.2, 0.25) is 0 Å². The van der Waals surface area contributed by atoms with Crippen LogP contribution in [0.4, 0.5) is 8.78 Å². The minimum absolute atomic E-state index is 0.102. The van der Waals surface area contributed by atoms with Gasteiger partial charge in [0, 0.05) is 0 Å². The molecule has 0 aliphatic heterocycles. The van der Waals surface area contributed by atoms with Crippen molar-refractivity contribution in [1.29, 1.82) is 0 Å². The van der Waals surface area contributed by atoms with Crippen LogP contribution >= 0.6 is 0 Å². The number of carbonyl (C=O) groups excluding carboxylic acids is 2. The van der Waals surface area contributed by atoms with Crippen LogP contribution in [0.25, 0.3) is 0 Å². The number of hydrogen-bond acceptors (Lipinski definition) is 4. The molecule has 0 aromatic heterocycles. The van der Waals surface area contributed by atoms with Gasteiger partial charge in [0.05, 0.1) is 13.2 Å². The van der Waals surface area contributed by atoms with Crippen LogP contribution in [0.3, 0.4) is 0 Å². The Hall–Kier alpha value is -1.98. The van der Waals surface area contributed by atoms with E-state index in [1.165, 1.54) is 6.07 Å². The fourth-order valence-corrected chi connectivity index (χ4v) is 1.65. The summed E-state index contributed by atoms with van der Waals surface area (Å²) in [7, 11) is 0. The smallest absolute Gasteiger partial charge is 0.320 e. The summed E-state index contributed by atoms with van der Waals surface area (Å²) in [5.74, 6) is -4.68. The monoisotopic (exact) mass is 286 g/mol. The fourth-order valence-electron chi connectivity index (χ4n) is 1.65. The van der Waals surface area contributed by atoms with Gasteiger partial charge in [-0.25, -0.2) is 8.78 Å². The van der Waals surface area contributed by atoms with Crippen LogP contribution in [0, 0.1) is 17.6 Å². The summed E-state index contributed by atoms with van der Waals surface area (Å²) >= 11 is 0. The minimum atomic E-state index is -1.18. The number of benzene rings is 1. The van der Waals surface area contributed by atoms with Crippen molar-refractivity contribution in [3.8, 4) is 0 Å². The molecule has 0 saturated carbocycles. The van der Waals surface area contributed by atoms with Gasteiger partial charge in [0.2, 0.25) is 0 Å². The molecule has 0 spiro atoms. The van der Waals surface area contributed by atoms with Crippen molar-refractivity contribution < 1.29 is 27.8 Å². The van der Waals surface area contributed by atoms with Crippen LogP contribution in [-0.2, 0) is 25.5 Å². The van der Waals surface area contributed by atoms with Gasteiger partial charge in [-0.2, -0.15) is 0 Å². The van der Waals surface area contributed by atoms with Gasteiger partial charge < -0.3 is 9.47 Å². The van der Waals surface area contributed by atoms with Crippen molar-refractivity contribution in [2.45, 2.75) is 20.3 Å². The van der Waals surface area contributed by atoms with E-state index in [-0.39, 0.29) is 19.6 Å². The van der Waals surface area contributed by atoms with E-state index in [0.29, 0.717) is 5.56 Å². The fraction of sp³-hybridized carbons (Fsp3) is 0.429. The summed E-state index contributed by atoms with van der Waals surface area (Å²) in [6.07, 6.45) is -0.102. The quantitative estimate of drug-likeness (QED) is 0.594. The summed E-state index contributed by atoms with van der Waals surface area (Å²) in [6, 6.07) is 3.20. The van der Waals surface area contributed by atoms with E-state index in [1.54, 1.807) is 13.8 Å². The molecule has 1 aromatic carbocycles. The Balaban J connectivity index is 2.90. The zero-order valence-electron chi connectivity index (χ0n) is 11.3. The number of carbonyl (C=O) groups is 2. The van der Waals surface area contributed by atoms with Gasteiger partial charge >= 0.3 is 11.9 Å². The summed E-state index contributed by atoms with van der Waals surface area (Å²) < 4.78 is 35.5. The first-order valence-corrected chi connectivity index (χ1v) is 6.26. The van der Waals surface area contributed by atoms with Gasteiger partial charge in [-0.1, -0.05) is 6.07 Å². The molecule has 0 aliphatic rings. The molecule has 6 heteroatoms. The molecule has 20 heavy (non-hydrogen) atoms. The maximum atomic E-state index is 13.1. The van der Waals surface area contributed by atoms with Crippen molar-refractivity contribution in [3.63, 3.8) is 0 Å². The third-order valence-corrected chi connectivity index (χ3v) is 2.57. The first kappa shape index (κ1) is 16.1. The Morgan fingerprint density at radius 1 is 1.05 bits per heavy atom. The normalized spacial score (nSPS) is 10.4. The molecule has 0 bridgehead atoms. The highest BCUT2D eigenvalue weighted by Crippen LogP contribution is 2.15. The van der Waals surface area contributed by atoms with E-state index in [2.05, 4.69) is 0 Å². The molecule has 0 heterocycles. The van der Waals surface area contributed by atoms with Gasteiger partial charge in [-0.3, -0.25) is 9.59 Å². The van der Waals surface area contributed by atoms with Crippen LogP contribution in [0.15, 0.2) is 18.2 Å². The molecular weight excluding hydrogens is 270 g/mol. The Kier molecular flexibility index (Phi) is 6.09. The first-order valence-electron chi connectivity index (χ1n) is 6.26. The molecular formula is C14H16F2O4. The van der Waals surface area contributed by atoms with Gasteiger partial charge in [0.15, 0.2) is 17.6 Å². The number of ether oxygens (including phenoxy) is 2. The van der Waals surface area contributed by atoms with E-state index < -0.39 is 29.5 Å². The molecule has 0 radical (unpaired) electrons. The second kappa shape index (κ2) is 7.57. The second-order valence-corrected chi connectivity index (χ2v) is 4.01. The highest BCUT2D eigenvalue weighted by Gasteiger charge is 2.29. The Morgan fingerprint density at radius 3 is 2.05 bits per heavy atom. The molecule has 1 rings (SSSR count). The zero-order chi connectivity index (χ0) is 15.1. The number of hydrogen-bond donors (Lipinski definition) is 0. The van der Waals surface area contributed by atoms with E-state index >= 15 is 0 Å². The van der Waals surface area contributed by atoms with E-state index in [1.807, 2.05) is 0 Å². The topological polar surface area (TPSA) is 52.6 Å². The molecule has 0 N–H and O–H groups in total. The average molecular weight is 286 g/mol. The minimum Gasteiger partial charge on any atom is -0.465 e. The lowest BCUT2D eigenvalue weighted by Gasteiger charge is -2.14. The molecule has 0 saturated heterocycles. The third-order valence-electron chi connectivity index (χ3n) is 2.57. The maximum Gasteiger partial charge on any atom is 0.320 e. The molecule has 1 aromatic rings. The highest BCUT2D eigenvalue weighted by atomic mass is 19.2. The standard InChI is InChI=1S/C14H16F2O4/c1-3-19-13(17)10(14(18)20-4-2)7-9-5-6-11(15)12(16)8-9/h5-6,8,10H,3-4,7H2,1-2H3. The van der Waals surface area contributed by atoms with Crippen molar-refractivity contribution in [2.75, 3.05) is 13.2 Å². The van der Waals surface area contributed by atoms with Gasteiger partial charge in [-0.15, -0.1) is 0 Å². The Morgan fingerprint density at radius 2 is 1.60 bits per heavy atom. The molecule has 0 amide bonds. The lowest BCUT2D eigenvalue weighted by molar-refractivity contribution is -0.161. The summed E-state index contributed by atoms with van der Waals surface area (Å²) in [4.78, 5) is 23.4. The first-order chi connectivity index (χ1) is 9.49. The van der Waals surface area contributed by atoms with E-state index in [9.17, 15) is 18.4 Å². The lowest BCUT2D eigenvalue weighted by Crippen LogP contribution is -2.30. The summed E-state index contributed by atoms with van der Waals surface area (Å²) in [5, 5.41) is 0. The lowest BCUT2D eigenvalue weighted by atomic mass is 9.99. The molecule has 0 unspecified atom stereocenters. The van der Waals surface area contributed by atoms with Gasteiger partial charge in [0.25, 0.3) is 0 Å². The predicted octanol–water partition coefficient (Wildman–Crippen LogP) is 2.25. The summed E-state index contributed by atoms with van der Waals surface area (Å²) in [5.41, 5.74) is 0.315. The molecule has 0 fully saturated rings. The van der Waals surface area contributed by atoms with Crippen molar-refractivity contribution in [3.05, 3.63) is 35.4 Å². The van der Waals surface area contributed by atoms with E-state index in [0.717, 1.165) is 12.1 Å². The van der Waals surface area contributed by atoms with Crippen LogP contribution in [0.1, 0.15) is 19.4 Å². The van der Waals surface area contributed by atoms with Gasteiger partial charge in [-0.05, 0) is 38.0 Å². The van der Waals surface area contributed by atoms with E-state index in [4.69, 9.17) is 9.47 Å². The third kappa shape index (κ3) is 4.29. The van der Waals surface area contributed by atoms with Gasteiger partial charge in [0.1, 0.15) is 0 Å². The number of rotatable bonds is 6. The molecule has 110 valence electrons. The Labute approximate surface area is 115 Å².